The molecule has 0 radical (unpaired) electrons. The number of nitrogens with one attached hydrogen (secondary N) is 1. The van der Waals surface area contributed by atoms with Crippen molar-refractivity contribution in [3.8, 4) is 17.3 Å². The molecular weight excluding hydrogens is 373 g/mol. The third kappa shape index (κ3) is 3.02. The van der Waals surface area contributed by atoms with Crippen LogP contribution in [0, 0.1) is 5.82 Å². The van der Waals surface area contributed by atoms with Crippen molar-refractivity contribution in [1.29, 1.82) is 0 Å². The predicted octanol–water partition coefficient (Wildman–Crippen LogP) is 2.95. The van der Waals surface area contributed by atoms with E-state index in [-0.39, 0.29) is 18.0 Å². The molecule has 0 bridgehead atoms. The van der Waals surface area contributed by atoms with Crippen LogP contribution in [0.1, 0.15) is 32.6 Å². The number of amides is 1. The van der Waals surface area contributed by atoms with Crippen LogP contribution in [0.2, 0.25) is 0 Å². The molecule has 9 heteroatoms. The fourth-order valence-corrected chi connectivity index (χ4v) is 4.20. The van der Waals surface area contributed by atoms with Crippen LogP contribution in [0.4, 0.5) is 15.9 Å². The number of hydrogen-bond donors (Lipinski definition) is 1. The smallest absolute Gasteiger partial charge is 0.246 e. The summed E-state index contributed by atoms with van der Waals surface area (Å²) in [7, 11) is 0. The van der Waals surface area contributed by atoms with Crippen LogP contribution in [0.25, 0.3) is 17.3 Å². The summed E-state index contributed by atoms with van der Waals surface area (Å²) in [5.74, 6) is 1.14. The van der Waals surface area contributed by atoms with Gasteiger partial charge in [0, 0.05) is 30.2 Å². The Balaban J connectivity index is 1.60. The van der Waals surface area contributed by atoms with Crippen LogP contribution in [0.3, 0.4) is 0 Å². The molecule has 2 aliphatic rings. The number of nitrogens with zero attached hydrogens (tertiary/aromatic N) is 6. The van der Waals surface area contributed by atoms with Gasteiger partial charge in [0.15, 0.2) is 5.82 Å². The monoisotopic (exact) mass is 393 g/mol. The van der Waals surface area contributed by atoms with Gasteiger partial charge in [0.2, 0.25) is 11.9 Å². The van der Waals surface area contributed by atoms with Gasteiger partial charge in [0.1, 0.15) is 23.4 Å². The second-order valence-electron chi connectivity index (χ2n) is 7.43. The van der Waals surface area contributed by atoms with E-state index < -0.39 is 5.82 Å². The van der Waals surface area contributed by atoms with E-state index in [1.54, 1.807) is 29.4 Å². The normalized spacial score (nSPS) is 19.3. The Hall–Kier alpha value is -3.36. The van der Waals surface area contributed by atoms with E-state index in [1.807, 2.05) is 6.92 Å². The fourth-order valence-electron chi connectivity index (χ4n) is 4.20. The van der Waals surface area contributed by atoms with Gasteiger partial charge in [-0.2, -0.15) is 4.98 Å². The highest BCUT2D eigenvalue weighted by atomic mass is 19.1. The van der Waals surface area contributed by atoms with Gasteiger partial charge in [-0.1, -0.05) is 12.8 Å². The molecule has 1 N–H and O–H groups in total. The Morgan fingerprint density at radius 1 is 1.17 bits per heavy atom. The lowest BCUT2D eigenvalue weighted by atomic mass is 10.1. The highest BCUT2D eigenvalue weighted by Crippen LogP contribution is 2.36. The molecule has 0 unspecified atom stereocenters. The van der Waals surface area contributed by atoms with E-state index in [9.17, 15) is 9.18 Å². The molecule has 1 aliphatic carbocycles. The molecule has 1 saturated carbocycles. The fraction of sp³-hybridized carbons (Fsp3) is 0.350. The van der Waals surface area contributed by atoms with Crippen molar-refractivity contribution >= 4 is 17.4 Å². The van der Waals surface area contributed by atoms with Gasteiger partial charge in [0.05, 0.1) is 12.4 Å². The van der Waals surface area contributed by atoms with Crippen molar-refractivity contribution in [2.75, 3.05) is 10.2 Å². The van der Waals surface area contributed by atoms with Crippen molar-refractivity contribution in [2.45, 2.75) is 44.7 Å². The molecule has 29 heavy (non-hydrogen) atoms. The minimum absolute atomic E-state index is 0.0464. The second kappa shape index (κ2) is 6.91. The number of pyridine rings is 1. The first kappa shape index (κ1) is 17.7. The lowest BCUT2D eigenvalue weighted by Crippen LogP contribution is -2.51. The number of aromatic nitrogens is 5. The standard InChI is InChI=1S/C20H20FN7O/c1-12-19(29)25-16-11-24-20(26-18(16)28(12)15-4-2-3-5-15)27-7-6-23-17(27)13-8-14(21)10-22-9-13/h6-12,15H,2-5H2,1H3,(H,25,29)/t12-/m1/s1. The number of carbonyl (C=O) groups excluding carboxylic acids is 1. The maximum atomic E-state index is 13.6. The van der Waals surface area contributed by atoms with E-state index in [4.69, 9.17) is 4.98 Å². The molecule has 5 rings (SSSR count). The van der Waals surface area contributed by atoms with Crippen LogP contribution in [-0.2, 0) is 4.79 Å². The molecule has 1 amide bonds. The first-order chi connectivity index (χ1) is 14.1. The highest BCUT2D eigenvalue weighted by molar-refractivity contribution is 6.02. The maximum Gasteiger partial charge on any atom is 0.246 e. The highest BCUT2D eigenvalue weighted by Gasteiger charge is 2.37. The molecule has 3 aromatic rings. The summed E-state index contributed by atoms with van der Waals surface area (Å²) in [6.07, 6.45) is 12.1. The van der Waals surface area contributed by atoms with Gasteiger partial charge in [0.25, 0.3) is 0 Å². The van der Waals surface area contributed by atoms with Gasteiger partial charge in [-0.15, -0.1) is 0 Å². The van der Waals surface area contributed by atoms with Crippen LogP contribution in [0.15, 0.2) is 37.1 Å². The van der Waals surface area contributed by atoms with Gasteiger partial charge in [-0.3, -0.25) is 14.3 Å². The zero-order valence-electron chi connectivity index (χ0n) is 15.9. The number of hydrogen-bond acceptors (Lipinski definition) is 6. The van der Waals surface area contributed by atoms with Gasteiger partial charge >= 0.3 is 0 Å². The van der Waals surface area contributed by atoms with Crippen molar-refractivity contribution in [1.82, 2.24) is 24.5 Å². The van der Waals surface area contributed by atoms with Crippen LogP contribution in [-0.4, -0.2) is 42.5 Å². The minimum atomic E-state index is -0.438. The molecule has 1 aliphatic heterocycles. The molecule has 8 nitrogen and oxygen atoms in total. The van der Waals surface area contributed by atoms with Crippen LogP contribution < -0.4 is 10.2 Å². The third-order valence-corrected chi connectivity index (χ3v) is 5.59. The van der Waals surface area contributed by atoms with Gasteiger partial charge in [-0.25, -0.2) is 14.4 Å². The van der Waals surface area contributed by atoms with E-state index in [0.29, 0.717) is 28.8 Å². The van der Waals surface area contributed by atoms with Gasteiger partial charge < -0.3 is 10.2 Å². The number of halogens is 1. The lowest BCUT2D eigenvalue weighted by molar-refractivity contribution is -0.117. The number of imidazole rings is 1. The average molecular weight is 393 g/mol. The number of rotatable bonds is 3. The summed E-state index contributed by atoms with van der Waals surface area (Å²) in [4.78, 5) is 32.0. The molecule has 0 aromatic carbocycles. The average Bonchev–Trinajstić information content (AvgIpc) is 3.41. The summed E-state index contributed by atoms with van der Waals surface area (Å²) >= 11 is 0. The zero-order valence-corrected chi connectivity index (χ0v) is 15.9. The van der Waals surface area contributed by atoms with Crippen LogP contribution >= 0.6 is 0 Å². The Morgan fingerprint density at radius 3 is 2.79 bits per heavy atom. The molecule has 3 aromatic heterocycles. The first-order valence-electron chi connectivity index (χ1n) is 9.72. The van der Waals surface area contributed by atoms with E-state index >= 15 is 0 Å². The van der Waals surface area contributed by atoms with E-state index in [1.165, 1.54) is 6.07 Å². The number of carbonyl (C=O) groups is 1. The lowest BCUT2D eigenvalue weighted by Gasteiger charge is -2.39. The summed E-state index contributed by atoms with van der Waals surface area (Å²) in [6, 6.07) is 1.35. The van der Waals surface area contributed by atoms with E-state index in [0.717, 1.165) is 31.9 Å². The molecule has 1 fully saturated rings. The SMILES string of the molecule is C[C@@H]1C(=O)Nc2cnc(-n3ccnc3-c3cncc(F)c3)nc2N1C1CCCC1. The topological polar surface area (TPSA) is 88.8 Å². The summed E-state index contributed by atoms with van der Waals surface area (Å²) < 4.78 is 15.3. The Kier molecular flexibility index (Phi) is 4.22. The summed E-state index contributed by atoms with van der Waals surface area (Å²) in [6.45, 7) is 1.90. The van der Waals surface area contributed by atoms with Crippen molar-refractivity contribution in [3.05, 3.63) is 42.9 Å². The maximum absolute atomic E-state index is 13.6. The molecule has 0 saturated heterocycles. The first-order valence-corrected chi connectivity index (χ1v) is 9.72. The van der Waals surface area contributed by atoms with Crippen molar-refractivity contribution in [2.24, 2.45) is 0 Å². The van der Waals surface area contributed by atoms with Crippen molar-refractivity contribution in [3.63, 3.8) is 0 Å². The minimum Gasteiger partial charge on any atom is -0.340 e. The molecule has 148 valence electrons. The second-order valence-corrected chi connectivity index (χ2v) is 7.43. The largest absolute Gasteiger partial charge is 0.340 e. The summed E-state index contributed by atoms with van der Waals surface area (Å²) in [5.41, 5.74) is 1.14. The molecule has 4 heterocycles. The van der Waals surface area contributed by atoms with Gasteiger partial charge in [-0.05, 0) is 25.8 Å². The zero-order chi connectivity index (χ0) is 20.0. The molecule has 1 atom stereocenters. The summed E-state index contributed by atoms with van der Waals surface area (Å²) in [5, 5.41) is 2.90. The predicted molar refractivity (Wildman–Crippen MR) is 105 cm³/mol. The Labute approximate surface area is 166 Å². The Morgan fingerprint density at radius 2 is 2.00 bits per heavy atom. The van der Waals surface area contributed by atoms with Crippen molar-refractivity contribution < 1.29 is 9.18 Å². The number of fused-ring (bicyclic) bond motifs is 1. The Bertz CT molecular complexity index is 1080. The van der Waals surface area contributed by atoms with E-state index in [2.05, 4.69) is 25.2 Å². The quantitative estimate of drug-likeness (QED) is 0.736. The number of anilines is 2. The third-order valence-electron chi connectivity index (χ3n) is 5.59. The molecular formula is C20H20FN7O. The van der Waals surface area contributed by atoms with Crippen LogP contribution in [0.5, 0.6) is 0 Å². The molecule has 0 spiro atoms.